The molecule has 78 valence electrons. The van der Waals surface area contributed by atoms with Gasteiger partial charge in [-0.05, 0) is 25.9 Å². The van der Waals surface area contributed by atoms with E-state index in [0.717, 1.165) is 31.0 Å². The lowest BCUT2D eigenvalue weighted by Crippen LogP contribution is -2.39. The van der Waals surface area contributed by atoms with E-state index in [2.05, 4.69) is 24.2 Å². The van der Waals surface area contributed by atoms with Gasteiger partial charge in [-0.15, -0.1) is 0 Å². The Morgan fingerprint density at radius 3 is 2.46 bits per heavy atom. The van der Waals surface area contributed by atoms with Gasteiger partial charge in [-0.3, -0.25) is 4.90 Å². The van der Waals surface area contributed by atoms with E-state index in [1.54, 1.807) is 0 Å². The van der Waals surface area contributed by atoms with Crippen LogP contribution in [0.4, 0.5) is 0 Å². The van der Waals surface area contributed by atoms with Crippen LogP contribution in [-0.2, 0) is 0 Å². The van der Waals surface area contributed by atoms with Crippen molar-refractivity contribution in [2.75, 3.05) is 19.6 Å². The minimum atomic E-state index is 0.726. The maximum atomic E-state index is 5.23. The molecule has 0 aliphatic heterocycles. The minimum Gasteiger partial charge on any atom is -0.317 e. The molecule has 0 spiro atoms. The first-order chi connectivity index (χ1) is 6.24. The first-order valence-electron chi connectivity index (χ1n) is 4.96. The molecule has 0 aliphatic rings. The van der Waals surface area contributed by atoms with Crippen molar-refractivity contribution < 1.29 is 0 Å². The van der Waals surface area contributed by atoms with Crippen molar-refractivity contribution in [2.45, 2.75) is 33.1 Å². The summed E-state index contributed by atoms with van der Waals surface area (Å²) >= 11 is 5.02. The number of hydrogen-bond acceptors (Lipinski definition) is 3. The first-order valence-corrected chi connectivity index (χ1v) is 5.37. The number of nitrogens with two attached hydrogens (primary N) is 1. The van der Waals surface area contributed by atoms with E-state index in [-0.39, 0.29) is 0 Å². The van der Waals surface area contributed by atoms with Gasteiger partial charge in [0.2, 0.25) is 0 Å². The molecule has 0 rings (SSSR count). The van der Waals surface area contributed by atoms with Gasteiger partial charge >= 0.3 is 0 Å². The second-order valence-corrected chi connectivity index (χ2v) is 3.69. The average Bonchev–Trinajstić information content (AvgIpc) is 2.14. The highest BCUT2D eigenvalue weighted by Crippen LogP contribution is 1.96. The van der Waals surface area contributed by atoms with Gasteiger partial charge in [0.15, 0.2) is 0 Å². The van der Waals surface area contributed by atoms with Crippen LogP contribution in [0.5, 0.6) is 0 Å². The van der Waals surface area contributed by atoms with Crippen LogP contribution in [0.25, 0.3) is 0 Å². The van der Waals surface area contributed by atoms with E-state index in [1.807, 2.05) is 0 Å². The van der Waals surface area contributed by atoms with Crippen molar-refractivity contribution in [1.82, 2.24) is 10.3 Å². The number of rotatable bonds is 7. The maximum absolute atomic E-state index is 5.23. The van der Waals surface area contributed by atoms with Crippen LogP contribution in [0, 0.1) is 0 Å². The molecular formula is C9H21N3S. The largest absolute Gasteiger partial charge is 0.317 e. The van der Waals surface area contributed by atoms with Gasteiger partial charge in [0.25, 0.3) is 0 Å². The average molecular weight is 203 g/mol. The molecule has 0 saturated heterocycles. The third kappa shape index (κ3) is 6.93. The standard InChI is InChI=1S/C9H21N3S/c1-3-5-7-12(6-4-2)8-9(13)11-10/h3-8,10H2,1-2H3,(H,11,13). The Labute approximate surface area is 86.6 Å². The molecule has 0 aromatic heterocycles. The molecule has 0 amide bonds. The summed E-state index contributed by atoms with van der Waals surface area (Å²) in [6.07, 6.45) is 3.62. The summed E-state index contributed by atoms with van der Waals surface area (Å²) in [5, 5.41) is 0. The van der Waals surface area contributed by atoms with Gasteiger partial charge < -0.3 is 5.43 Å². The zero-order valence-electron chi connectivity index (χ0n) is 8.68. The lowest BCUT2D eigenvalue weighted by molar-refractivity contribution is 0.305. The quantitative estimate of drug-likeness (QED) is 0.372. The molecule has 0 aromatic carbocycles. The summed E-state index contributed by atoms with van der Waals surface area (Å²) in [5.41, 5.74) is 2.52. The second-order valence-electron chi connectivity index (χ2n) is 3.20. The lowest BCUT2D eigenvalue weighted by Gasteiger charge is -2.21. The van der Waals surface area contributed by atoms with Crippen LogP contribution < -0.4 is 11.3 Å². The van der Waals surface area contributed by atoms with Crippen LogP contribution >= 0.6 is 12.2 Å². The van der Waals surface area contributed by atoms with Crippen molar-refractivity contribution >= 4 is 17.2 Å². The molecule has 0 heterocycles. The third-order valence-corrected chi connectivity index (χ3v) is 2.14. The minimum absolute atomic E-state index is 0.726. The number of thiocarbonyl (C=S) groups is 1. The highest BCUT2D eigenvalue weighted by Gasteiger charge is 2.04. The van der Waals surface area contributed by atoms with Crippen molar-refractivity contribution in [2.24, 2.45) is 5.84 Å². The van der Waals surface area contributed by atoms with Crippen LogP contribution in [0.3, 0.4) is 0 Å². The predicted molar refractivity (Wildman–Crippen MR) is 61.6 cm³/mol. The van der Waals surface area contributed by atoms with Crippen LogP contribution in [0.1, 0.15) is 33.1 Å². The lowest BCUT2D eigenvalue weighted by atomic mass is 10.3. The second kappa shape index (κ2) is 8.41. The summed E-state index contributed by atoms with van der Waals surface area (Å²) in [6.45, 7) is 7.38. The number of hydrogen-bond donors (Lipinski definition) is 2. The number of unbranched alkanes of at least 4 members (excludes halogenated alkanes) is 1. The summed E-state index contributed by atoms with van der Waals surface area (Å²) in [7, 11) is 0. The fourth-order valence-corrected chi connectivity index (χ4v) is 1.40. The highest BCUT2D eigenvalue weighted by atomic mass is 32.1. The Morgan fingerprint density at radius 2 is 2.00 bits per heavy atom. The van der Waals surface area contributed by atoms with Gasteiger partial charge in [-0.25, -0.2) is 5.84 Å². The van der Waals surface area contributed by atoms with E-state index in [0.29, 0.717) is 0 Å². The van der Waals surface area contributed by atoms with E-state index in [9.17, 15) is 0 Å². The fraction of sp³-hybridized carbons (Fsp3) is 0.889. The van der Waals surface area contributed by atoms with Gasteiger partial charge in [0.05, 0.1) is 6.54 Å². The number of nitrogens with one attached hydrogen (secondary N) is 1. The van der Waals surface area contributed by atoms with Crippen molar-refractivity contribution in [1.29, 1.82) is 0 Å². The summed E-state index contributed by atoms with van der Waals surface area (Å²) in [6, 6.07) is 0. The van der Waals surface area contributed by atoms with Crippen molar-refractivity contribution in [3.05, 3.63) is 0 Å². The van der Waals surface area contributed by atoms with E-state index in [4.69, 9.17) is 18.1 Å². The topological polar surface area (TPSA) is 41.3 Å². The Hall–Kier alpha value is -0.190. The van der Waals surface area contributed by atoms with Crippen LogP contribution in [0.2, 0.25) is 0 Å². The van der Waals surface area contributed by atoms with Gasteiger partial charge in [0, 0.05) is 0 Å². The number of nitrogens with zero attached hydrogens (tertiary/aromatic N) is 1. The SMILES string of the molecule is CCCCN(CCC)CC(=S)NN. The number of hydrazine groups is 1. The molecule has 3 nitrogen and oxygen atoms in total. The maximum Gasteiger partial charge on any atom is 0.104 e. The van der Waals surface area contributed by atoms with Crippen LogP contribution in [-0.4, -0.2) is 29.5 Å². The zero-order valence-corrected chi connectivity index (χ0v) is 9.49. The molecule has 13 heavy (non-hydrogen) atoms. The fourth-order valence-electron chi connectivity index (χ4n) is 1.22. The molecule has 0 radical (unpaired) electrons. The summed E-state index contributed by atoms with van der Waals surface area (Å²) < 4.78 is 0. The molecule has 0 saturated carbocycles. The van der Waals surface area contributed by atoms with Gasteiger partial charge in [-0.2, -0.15) is 0 Å². The Morgan fingerprint density at radius 1 is 1.31 bits per heavy atom. The Bertz CT molecular complexity index is 139. The first kappa shape index (κ1) is 12.8. The van der Waals surface area contributed by atoms with E-state index >= 15 is 0 Å². The molecule has 0 atom stereocenters. The summed E-state index contributed by atoms with van der Waals surface area (Å²) in [4.78, 5) is 3.07. The molecule has 0 aromatic rings. The van der Waals surface area contributed by atoms with Gasteiger partial charge in [0.1, 0.15) is 4.99 Å². The molecule has 0 unspecified atom stereocenters. The predicted octanol–water partition coefficient (Wildman–Crippen LogP) is 1.29. The Balaban J connectivity index is 3.71. The van der Waals surface area contributed by atoms with E-state index in [1.165, 1.54) is 12.8 Å². The van der Waals surface area contributed by atoms with Crippen LogP contribution in [0.15, 0.2) is 0 Å². The zero-order chi connectivity index (χ0) is 10.1. The van der Waals surface area contributed by atoms with E-state index < -0.39 is 0 Å². The third-order valence-electron chi connectivity index (χ3n) is 1.90. The molecule has 0 fully saturated rings. The monoisotopic (exact) mass is 203 g/mol. The molecule has 4 heteroatoms. The summed E-state index contributed by atoms with van der Waals surface area (Å²) in [5.74, 6) is 5.23. The molecule has 0 bridgehead atoms. The van der Waals surface area contributed by atoms with Crippen molar-refractivity contribution in [3.63, 3.8) is 0 Å². The van der Waals surface area contributed by atoms with Gasteiger partial charge in [-0.1, -0.05) is 32.5 Å². The Kier molecular flexibility index (Phi) is 8.29. The normalized spacial score (nSPS) is 10.5. The molecule has 3 N–H and O–H groups in total. The van der Waals surface area contributed by atoms with Crippen molar-refractivity contribution in [3.8, 4) is 0 Å². The molecular weight excluding hydrogens is 182 g/mol. The highest BCUT2D eigenvalue weighted by molar-refractivity contribution is 7.80. The smallest absolute Gasteiger partial charge is 0.104 e. The molecule has 0 aliphatic carbocycles.